The molecule has 1 heterocycles. The van der Waals surface area contributed by atoms with E-state index in [1.165, 1.54) is 12.8 Å². The summed E-state index contributed by atoms with van der Waals surface area (Å²) in [5, 5.41) is 6.88. The summed E-state index contributed by atoms with van der Waals surface area (Å²) >= 11 is 0. The molecule has 1 aliphatic rings. The Labute approximate surface area is 161 Å². The monoisotopic (exact) mass is 369 g/mol. The Morgan fingerprint density at radius 3 is 2.38 bits per heavy atom. The molecule has 1 aliphatic heterocycles. The zero-order chi connectivity index (χ0) is 19.4. The molecule has 0 saturated carbocycles. The highest BCUT2D eigenvalue weighted by Gasteiger charge is 2.23. The van der Waals surface area contributed by atoms with E-state index in [2.05, 4.69) is 62.1 Å². The predicted octanol–water partition coefficient (Wildman–Crippen LogP) is 2.02. The fraction of sp³-hybridized carbons (Fsp3) is 0.950. The van der Waals surface area contributed by atoms with Crippen LogP contribution in [0.1, 0.15) is 47.5 Å². The van der Waals surface area contributed by atoms with Crippen molar-refractivity contribution in [3.05, 3.63) is 0 Å². The number of aliphatic imine (C=N–C) groups is 1. The Hall–Kier alpha value is -0.850. The quantitative estimate of drug-likeness (QED) is 0.331. The van der Waals surface area contributed by atoms with Crippen LogP contribution in [0, 0.1) is 5.92 Å². The van der Waals surface area contributed by atoms with Crippen molar-refractivity contribution in [3.63, 3.8) is 0 Å². The van der Waals surface area contributed by atoms with E-state index in [4.69, 9.17) is 9.73 Å². The molecule has 6 nitrogen and oxygen atoms in total. The lowest BCUT2D eigenvalue weighted by Crippen LogP contribution is -2.48. The van der Waals surface area contributed by atoms with Gasteiger partial charge in [-0.05, 0) is 53.1 Å². The number of ether oxygens (including phenoxy) is 1. The fourth-order valence-corrected chi connectivity index (χ4v) is 3.13. The Kier molecular flexibility index (Phi) is 11.9. The highest BCUT2D eigenvalue weighted by molar-refractivity contribution is 5.79. The molecule has 1 atom stereocenters. The topological polar surface area (TPSA) is 52.1 Å². The van der Waals surface area contributed by atoms with Gasteiger partial charge in [-0.25, -0.2) is 0 Å². The Morgan fingerprint density at radius 1 is 1.12 bits per heavy atom. The molecule has 0 spiro atoms. The van der Waals surface area contributed by atoms with Gasteiger partial charge >= 0.3 is 0 Å². The third-order valence-corrected chi connectivity index (χ3v) is 5.18. The van der Waals surface area contributed by atoms with E-state index in [0.29, 0.717) is 18.0 Å². The average Bonchev–Trinajstić information content (AvgIpc) is 2.61. The van der Waals surface area contributed by atoms with Crippen LogP contribution in [0.4, 0.5) is 0 Å². The molecule has 26 heavy (non-hydrogen) atoms. The van der Waals surface area contributed by atoms with Crippen molar-refractivity contribution >= 4 is 5.96 Å². The van der Waals surface area contributed by atoms with Crippen LogP contribution < -0.4 is 10.6 Å². The van der Waals surface area contributed by atoms with Gasteiger partial charge in [0, 0.05) is 38.3 Å². The van der Waals surface area contributed by atoms with Crippen molar-refractivity contribution in [2.45, 2.75) is 59.5 Å². The van der Waals surface area contributed by atoms with E-state index in [9.17, 15) is 0 Å². The Balaban J connectivity index is 2.42. The fourth-order valence-electron chi connectivity index (χ4n) is 3.13. The zero-order valence-electron chi connectivity index (χ0n) is 18.1. The van der Waals surface area contributed by atoms with Gasteiger partial charge in [0.05, 0.1) is 19.8 Å². The van der Waals surface area contributed by atoms with E-state index < -0.39 is 0 Å². The molecule has 0 radical (unpaired) electrons. The van der Waals surface area contributed by atoms with Gasteiger partial charge in [0.1, 0.15) is 0 Å². The third-order valence-electron chi connectivity index (χ3n) is 5.18. The molecule has 0 aliphatic carbocycles. The molecule has 0 amide bonds. The van der Waals surface area contributed by atoms with E-state index in [1.54, 1.807) is 0 Å². The van der Waals surface area contributed by atoms with Gasteiger partial charge in [0.2, 0.25) is 0 Å². The van der Waals surface area contributed by atoms with Crippen molar-refractivity contribution in [2.24, 2.45) is 10.9 Å². The number of nitrogens with zero attached hydrogens (tertiary/aromatic N) is 3. The molecule has 1 fully saturated rings. The largest absolute Gasteiger partial charge is 0.379 e. The van der Waals surface area contributed by atoms with Crippen molar-refractivity contribution in [3.8, 4) is 0 Å². The molecule has 0 bridgehead atoms. The van der Waals surface area contributed by atoms with E-state index >= 15 is 0 Å². The molecule has 1 rings (SSSR count). The first-order chi connectivity index (χ1) is 12.5. The van der Waals surface area contributed by atoms with Gasteiger partial charge in [-0.15, -0.1) is 0 Å². The first kappa shape index (κ1) is 23.2. The summed E-state index contributed by atoms with van der Waals surface area (Å²) < 4.78 is 5.50. The summed E-state index contributed by atoms with van der Waals surface area (Å²) in [6.07, 6.45) is 2.38. The van der Waals surface area contributed by atoms with Crippen LogP contribution in [0.15, 0.2) is 4.99 Å². The van der Waals surface area contributed by atoms with Gasteiger partial charge in [-0.3, -0.25) is 9.89 Å². The SMILES string of the molecule is CCNC(=NCC(C(C)C)N1CCOCC1)NCCCCN(C)C(C)C. The van der Waals surface area contributed by atoms with Crippen molar-refractivity contribution in [1.82, 2.24) is 20.4 Å². The molecule has 154 valence electrons. The van der Waals surface area contributed by atoms with Gasteiger partial charge in [-0.1, -0.05) is 13.8 Å². The molecule has 6 heteroatoms. The lowest BCUT2D eigenvalue weighted by Gasteiger charge is -2.36. The van der Waals surface area contributed by atoms with Crippen LogP contribution >= 0.6 is 0 Å². The molecule has 0 aromatic heterocycles. The molecule has 0 aromatic carbocycles. The van der Waals surface area contributed by atoms with Gasteiger partial charge in [0.15, 0.2) is 5.96 Å². The molecular weight excluding hydrogens is 326 g/mol. The maximum Gasteiger partial charge on any atom is 0.191 e. The second-order valence-corrected chi connectivity index (χ2v) is 7.89. The minimum atomic E-state index is 0.481. The summed E-state index contributed by atoms with van der Waals surface area (Å²) in [5.41, 5.74) is 0. The molecule has 2 N–H and O–H groups in total. The lowest BCUT2D eigenvalue weighted by molar-refractivity contribution is 0.00867. The second kappa shape index (κ2) is 13.3. The number of guanidine groups is 1. The number of rotatable bonds is 11. The van der Waals surface area contributed by atoms with Gasteiger partial charge < -0.3 is 20.3 Å². The minimum Gasteiger partial charge on any atom is -0.379 e. The lowest BCUT2D eigenvalue weighted by atomic mass is 10.0. The molecule has 0 aromatic rings. The number of hydrogen-bond donors (Lipinski definition) is 2. The van der Waals surface area contributed by atoms with Gasteiger partial charge in [0.25, 0.3) is 0 Å². The minimum absolute atomic E-state index is 0.481. The molecule has 1 saturated heterocycles. The highest BCUT2D eigenvalue weighted by Crippen LogP contribution is 2.13. The smallest absolute Gasteiger partial charge is 0.191 e. The Morgan fingerprint density at radius 2 is 1.81 bits per heavy atom. The standard InChI is InChI=1S/C20H43N5O/c1-7-21-20(22-10-8-9-11-24(6)18(4)5)23-16-19(17(2)3)25-12-14-26-15-13-25/h17-19H,7-16H2,1-6H3,(H2,21,22,23). The highest BCUT2D eigenvalue weighted by atomic mass is 16.5. The summed E-state index contributed by atoms with van der Waals surface area (Å²) in [6, 6.07) is 1.10. The summed E-state index contributed by atoms with van der Waals surface area (Å²) in [5.74, 6) is 1.54. The van der Waals surface area contributed by atoms with Crippen LogP contribution in [-0.4, -0.2) is 87.4 Å². The maximum atomic E-state index is 5.50. The van der Waals surface area contributed by atoms with Crippen LogP contribution in [0.2, 0.25) is 0 Å². The zero-order valence-corrected chi connectivity index (χ0v) is 18.1. The third kappa shape index (κ3) is 9.19. The average molecular weight is 370 g/mol. The van der Waals surface area contributed by atoms with Gasteiger partial charge in [-0.2, -0.15) is 0 Å². The van der Waals surface area contributed by atoms with Crippen LogP contribution in [0.5, 0.6) is 0 Å². The summed E-state index contributed by atoms with van der Waals surface area (Å²) in [7, 11) is 2.20. The van der Waals surface area contributed by atoms with Crippen LogP contribution in [-0.2, 0) is 4.74 Å². The molecule has 1 unspecified atom stereocenters. The number of nitrogens with one attached hydrogen (secondary N) is 2. The van der Waals surface area contributed by atoms with E-state index in [-0.39, 0.29) is 0 Å². The van der Waals surface area contributed by atoms with Crippen molar-refractivity contribution in [2.75, 3.05) is 59.5 Å². The van der Waals surface area contributed by atoms with Crippen molar-refractivity contribution < 1.29 is 4.74 Å². The number of hydrogen-bond acceptors (Lipinski definition) is 4. The summed E-state index contributed by atoms with van der Waals surface area (Å²) in [6.45, 7) is 18.8. The van der Waals surface area contributed by atoms with E-state index in [1.807, 2.05) is 0 Å². The number of unbranched alkanes of at least 4 members (excludes halogenated alkanes) is 1. The maximum absolute atomic E-state index is 5.50. The normalized spacial score (nSPS) is 18.0. The predicted molar refractivity (Wildman–Crippen MR) is 112 cm³/mol. The first-order valence-electron chi connectivity index (χ1n) is 10.5. The van der Waals surface area contributed by atoms with Crippen LogP contribution in [0.25, 0.3) is 0 Å². The summed E-state index contributed by atoms with van der Waals surface area (Å²) in [4.78, 5) is 9.80. The first-order valence-corrected chi connectivity index (χ1v) is 10.5. The Bertz CT molecular complexity index is 380. The molecular formula is C20H43N5O. The number of morpholine rings is 1. The van der Waals surface area contributed by atoms with Crippen LogP contribution in [0.3, 0.4) is 0 Å². The second-order valence-electron chi connectivity index (χ2n) is 7.89. The van der Waals surface area contributed by atoms with Crippen molar-refractivity contribution in [1.29, 1.82) is 0 Å². The van der Waals surface area contributed by atoms with E-state index in [0.717, 1.165) is 58.4 Å².